The van der Waals surface area contributed by atoms with Crippen LogP contribution in [0.5, 0.6) is 0 Å². The molecule has 0 amide bonds. The Bertz CT molecular complexity index is 2260. The molecule has 2 aromatic heterocycles. The molecular weight excluding hydrogens is 559 g/mol. The van der Waals surface area contributed by atoms with E-state index in [0.29, 0.717) is 11.5 Å². The van der Waals surface area contributed by atoms with Crippen molar-refractivity contribution in [2.45, 2.75) is 0 Å². The van der Waals surface area contributed by atoms with Crippen LogP contribution in [0.1, 0.15) is 5.56 Å². The third kappa shape index (κ3) is 4.84. The molecule has 4 nitrogen and oxygen atoms in total. The fraction of sp³-hybridized carbons (Fsp3) is 0. The lowest BCUT2D eigenvalue weighted by Crippen LogP contribution is -1.87. The molecule has 0 aliphatic heterocycles. The van der Waals surface area contributed by atoms with Gasteiger partial charge in [-0.25, -0.2) is 9.97 Å². The van der Waals surface area contributed by atoms with Gasteiger partial charge in [0.1, 0.15) is 10.5 Å². The highest BCUT2D eigenvalue weighted by Gasteiger charge is 2.13. The highest BCUT2D eigenvalue weighted by molar-refractivity contribution is 7.21. The van der Waals surface area contributed by atoms with Gasteiger partial charge < -0.3 is 4.42 Å². The van der Waals surface area contributed by atoms with E-state index < -0.39 is 0 Å². The van der Waals surface area contributed by atoms with Gasteiger partial charge in [-0.2, -0.15) is 5.26 Å². The second kappa shape index (κ2) is 10.8. The number of rotatable bonds is 5. The lowest BCUT2D eigenvalue weighted by molar-refractivity contribution is 0.620. The van der Waals surface area contributed by atoms with Crippen molar-refractivity contribution in [3.8, 4) is 61.5 Å². The van der Waals surface area contributed by atoms with Gasteiger partial charge >= 0.3 is 0 Å². The molecule has 0 bridgehead atoms. The average Bonchev–Trinajstić information content (AvgIpc) is 3.73. The minimum absolute atomic E-state index is 0.615. The molecule has 0 N–H and O–H groups in total. The second-order valence-corrected chi connectivity index (χ2v) is 11.6. The van der Waals surface area contributed by atoms with Gasteiger partial charge in [-0.15, -0.1) is 11.3 Å². The Morgan fingerprint density at radius 3 is 1.64 bits per heavy atom. The summed E-state index contributed by atoms with van der Waals surface area (Å²) in [5.41, 5.74) is 12.0. The summed E-state index contributed by atoms with van der Waals surface area (Å²) in [5.74, 6) is 0.615. The van der Waals surface area contributed by atoms with Gasteiger partial charge in [0, 0.05) is 11.1 Å². The van der Waals surface area contributed by atoms with E-state index in [2.05, 4.69) is 96.0 Å². The van der Waals surface area contributed by atoms with Crippen molar-refractivity contribution in [2.24, 2.45) is 0 Å². The number of hydrogen-bond donors (Lipinski definition) is 0. The maximum Gasteiger partial charge on any atom is 0.227 e. The molecule has 2 heterocycles. The molecule has 0 radical (unpaired) electrons. The van der Waals surface area contributed by atoms with Crippen LogP contribution in [0, 0.1) is 11.3 Å². The first-order valence-corrected chi connectivity index (χ1v) is 15.1. The number of benzene rings is 6. The Morgan fingerprint density at radius 1 is 0.500 bits per heavy atom. The SMILES string of the molecule is N#Cc1ccc(-c2ccc(-c3cc(-c4ccc(-c5nc6ccccc6o5)cc4)cc(-c4nc5ccccc5s4)c3)cc2)cc1. The minimum atomic E-state index is 0.615. The maximum atomic E-state index is 9.14. The number of oxazole rings is 1. The third-order valence-corrected chi connectivity index (χ3v) is 8.88. The number of thiazole rings is 1. The number of aromatic nitrogens is 2. The maximum absolute atomic E-state index is 9.14. The summed E-state index contributed by atoms with van der Waals surface area (Å²) in [7, 11) is 0. The van der Waals surface area contributed by atoms with E-state index in [9.17, 15) is 0 Å². The number of para-hydroxylation sites is 3. The van der Waals surface area contributed by atoms with E-state index in [4.69, 9.17) is 14.7 Å². The molecule has 0 fully saturated rings. The fourth-order valence-corrected chi connectivity index (χ4v) is 6.43. The van der Waals surface area contributed by atoms with Crippen LogP contribution in [0.15, 0.2) is 144 Å². The van der Waals surface area contributed by atoms with Gasteiger partial charge in [0.2, 0.25) is 5.89 Å². The number of hydrogen-bond acceptors (Lipinski definition) is 5. The molecule has 0 atom stereocenters. The molecule has 0 saturated heterocycles. The Kier molecular flexibility index (Phi) is 6.33. The Balaban J connectivity index is 1.19. The first-order valence-electron chi connectivity index (χ1n) is 14.3. The van der Waals surface area contributed by atoms with E-state index in [0.717, 1.165) is 66.1 Å². The standard InChI is InChI=1S/C39H23N3OS/c40-24-25-9-11-26(12-10-25)27-13-15-28(16-14-27)31-21-32(23-33(22-31)39-42-35-6-2-4-8-37(35)44-39)29-17-19-30(20-18-29)38-41-34-5-1-3-7-36(34)43-38/h1-23H. The van der Waals surface area contributed by atoms with Crippen LogP contribution in [0.2, 0.25) is 0 Å². The predicted molar refractivity (Wildman–Crippen MR) is 179 cm³/mol. The van der Waals surface area contributed by atoms with Crippen molar-refractivity contribution in [1.29, 1.82) is 5.26 Å². The number of nitriles is 1. The Labute approximate surface area is 258 Å². The lowest BCUT2D eigenvalue weighted by Gasteiger charge is -2.11. The molecule has 0 saturated carbocycles. The molecule has 5 heteroatoms. The lowest BCUT2D eigenvalue weighted by atomic mass is 9.94. The van der Waals surface area contributed by atoms with Crippen LogP contribution in [-0.2, 0) is 0 Å². The molecule has 6 aromatic carbocycles. The molecule has 0 aliphatic rings. The highest BCUT2D eigenvalue weighted by atomic mass is 32.1. The smallest absolute Gasteiger partial charge is 0.227 e. The molecule has 0 aliphatic carbocycles. The van der Waals surface area contributed by atoms with Crippen LogP contribution in [0.25, 0.3) is 76.7 Å². The van der Waals surface area contributed by atoms with Crippen LogP contribution >= 0.6 is 11.3 Å². The van der Waals surface area contributed by atoms with Crippen molar-refractivity contribution < 1.29 is 4.42 Å². The largest absolute Gasteiger partial charge is 0.436 e. The van der Waals surface area contributed by atoms with E-state index in [-0.39, 0.29) is 0 Å². The quantitative estimate of drug-likeness (QED) is 0.203. The first kappa shape index (κ1) is 25.8. The minimum Gasteiger partial charge on any atom is -0.436 e. The van der Waals surface area contributed by atoms with E-state index in [1.165, 1.54) is 4.70 Å². The van der Waals surface area contributed by atoms with Gasteiger partial charge in [0.05, 0.1) is 21.8 Å². The van der Waals surface area contributed by atoms with Crippen molar-refractivity contribution >= 4 is 32.7 Å². The molecule has 8 rings (SSSR count). The van der Waals surface area contributed by atoms with Crippen molar-refractivity contribution in [3.05, 3.63) is 145 Å². The molecule has 0 unspecified atom stereocenters. The van der Waals surface area contributed by atoms with Gasteiger partial charge in [-0.05, 0) is 100 Å². The zero-order valence-corrected chi connectivity index (χ0v) is 24.3. The van der Waals surface area contributed by atoms with Crippen LogP contribution in [-0.4, -0.2) is 9.97 Å². The van der Waals surface area contributed by atoms with E-state index >= 15 is 0 Å². The summed E-state index contributed by atoms with van der Waals surface area (Å²) in [6.07, 6.45) is 0. The second-order valence-electron chi connectivity index (χ2n) is 10.6. The normalized spacial score (nSPS) is 11.2. The summed E-state index contributed by atoms with van der Waals surface area (Å²) in [6.45, 7) is 0. The van der Waals surface area contributed by atoms with Gasteiger partial charge in [0.15, 0.2) is 5.58 Å². The molecular formula is C39H23N3OS. The van der Waals surface area contributed by atoms with Gasteiger partial charge in [-0.3, -0.25) is 0 Å². The summed E-state index contributed by atoms with van der Waals surface area (Å²) in [4.78, 5) is 9.63. The summed E-state index contributed by atoms with van der Waals surface area (Å²) in [5, 5.41) is 10.1. The Morgan fingerprint density at radius 2 is 1.02 bits per heavy atom. The molecule has 44 heavy (non-hydrogen) atoms. The zero-order valence-electron chi connectivity index (χ0n) is 23.4. The topological polar surface area (TPSA) is 62.7 Å². The van der Waals surface area contributed by atoms with Crippen molar-refractivity contribution in [2.75, 3.05) is 0 Å². The average molecular weight is 582 g/mol. The third-order valence-electron chi connectivity index (χ3n) is 7.80. The first-order chi connectivity index (χ1) is 21.7. The van der Waals surface area contributed by atoms with Crippen LogP contribution in [0.4, 0.5) is 0 Å². The zero-order chi connectivity index (χ0) is 29.5. The predicted octanol–water partition coefficient (Wildman–Crippen LogP) is 10.6. The van der Waals surface area contributed by atoms with Crippen LogP contribution in [0.3, 0.4) is 0 Å². The summed E-state index contributed by atoms with van der Waals surface area (Å²) >= 11 is 1.71. The van der Waals surface area contributed by atoms with Crippen molar-refractivity contribution in [1.82, 2.24) is 9.97 Å². The number of nitrogens with zero attached hydrogens (tertiary/aromatic N) is 3. The number of fused-ring (bicyclic) bond motifs is 2. The van der Waals surface area contributed by atoms with Gasteiger partial charge in [0.25, 0.3) is 0 Å². The summed E-state index contributed by atoms with van der Waals surface area (Å²) < 4.78 is 7.17. The molecule has 206 valence electrons. The van der Waals surface area contributed by atoms with Crippen molar-refractivity contribution in [3.63, 3.8) is 0 Å². The van der Waals surface area contributed by atoms with E-state index in [1.807, 2.05) is 54.6 Å². The monoisotopic (exact) mass is 581 g/mol. The molecule has 8 aromatic rings. The highest BCUT2D eigenvalue weighted by Crippen LogP contribution is 2.37. The fourth-order valence-electron chi connectivity index (χ4n) is 5.47. The Hall–Kier alpha value is -5.83. The van der Waals surface area contributed by atoms with Gasteiger partial charge in [-0.1, -0.05) is 72.8 Å². The van der Waals surface area contributed by atoms with Crippen LogP contribution < -0.4 is 0 Å². The molecule has 0 spiro atoms. The summed E-state index contributed by atoms with van der Waals surface area (Å²) in [6, 6.07) is 49.6. The van der Waals surface area contributed by atoms with E-state index in [1.54, 1.807) is 11.3 Å².